The Morgan fingerprint density at radius 3 is 2.87 bits per heavy atom. The molecule has 0 atom stereocenters. The minimum absolute atomic E-state index is 0.673. The Morgan fingerprint density at radius 1 is 1.17 bits per heavy atom. The van der Waals surface area contributed by atoms with Gasteiger partial charge in [0.15, 0.2) is 4.96 Å². The predicted molar refractivity (Wildman–Crippen MR) is 93.7 cm³/mol. The lowest BCUT2D eigenvalue weighted by Crippen LogP contribution is -1.90. The van der Waals surface area contributed by atoms with Gasteiger partial charge in [-0.2, -0.15) is 0 Å². The van der Waals surface area contributed by atoms with E-state index >= 15 is 0 Å². The summed E-state index contributed by atoms with van der Waals surface area (Å²) in [7, 11) is 1.68. The highest BCUT2D eigenvalue weighted by Gasteiger charge is 2.13. The van der Waals surface area contributed by atoms with E-state index < -0.39 is 0 Å². The molecule has 0 saturated carbocycles. The molecule has 0 bridgehead atoms. The van der Waals surface area contributed by atoms with Crippen molar-refractivity contribution in [2.24, 2.45) is 0 Å². The number of hydrogen-bond acceptors (Lipinski definition) is 4. The topological polar surface area (TPSA) is 35.8 Å². The lowest BCUT2D eigenvalue weighted by molar-refractivity contribution is 0.341. The van der Waals surface area contributed by atoms with Gasteiger partial charge in [0.25, 0.3) is 0 Å². The molecule has 5 heteroatoms. The minimum Gasteiger partial charge on any atom is -0.496 e. The van der Waals surface area contributed by atoms with E-state index in [9.17, 15) is 0 Å². The molecule has 0 amide bonds. The predicted octanol–water partition coefficient (Wildman–Crippen LogP) is 4.62. The fourth-order valence-electron chi connectivity index (χ4n) is 2.72. The zero-order valence-electron chi connectivity index (χ0n) is 12.9. The maximum Gasteiger partial charge on any atom is 0.195 e. The molecule has 116 valence electrons. The normalized spacial score (nSPS) is 11.2. The summed E-state index contributed by atoms with van der Waals surface area (Å²) in [6.45, 7) is 2.66. The largest absolute Gasteiger partial charge is 0.496 e. The number of nitrogens with zero attached hydrogens (tertiary/aromatic N) is 2. The van der Waals surface area contributed by atoms with Crippen molar-refractivity contribution >= 4 is 26.5 Å². The van der Waals surface area contributed by atoms with E-state index in [1.54, 1.807) is 18.4 Å². The van der Waals surface area contributed by atoms with Crippen LogP contribution in [0.2, 0.25) is 0 Å². The molecule has 4 aromatic rings. The number of fused-ring (bicyclic) bond motifs is 3. The van der Waals surface area contributed by atoms with Crippen LogP contribution in [-0.2, 0) is 0 Å². The molecular formula is C18H16N2O2S. The number of rotatable bonds is 4. The van der Waals surface area contributed by atoms with E-state index in [4.69, 9.17) is 14.5 Å². The fourth-order valence-corrected chi connectivity index (χ4v) is 3.76. The Hall–Kier alpha value is -2.53. The quantitative estimate of drug-likeness (QED) is 0.549. The van der Waals surface area contributed by atoms with Gasteiger partial charge in [0, 0.05) is 11.8 Å². The van der Waals surface area contributed by atoms with E-state index in [-0.39, 0.29) is 0 Å². The van der Waals surface area contributed by atoms with Gasteiger partial charge in [-0.05, 0) is 37.3 Å². The average molecular weight is 324 g/mol. The van der Waals surface area contributed by atoms with Gasteiger partial charge in [0.1, 0.15) is 11.5 Å². The molecule has 23 heavy (non-hydrogen) atoms. The highest BCUT2D eigenvalue weighted by atomic mass is 32.1. The van der Waals surface area contributed by atoms with Gasteiger partial charge in [-0.3, -0.25) is 4.40 Å². The Morgan fingerprint density at radius 2 is 2.04 bits per heavy atom. The Bertz CT molecular complexity index is 987. The molecule has 0 fully saturated rings. The van der Waals surface area contributed by atoms with Crippen LogP contribution in [0.3, 0.4) is 0 Å². The molecule has 0 saturated heterocycles. The van der Waals surface area contributed by atoms with Crippen molar-refractivity contribution in [1.82, 2.24) is 9.38 Å². The van der Waals surface area contributed by atoms with Gasteiger partial charge < -0.3 is 9.47 Å². The van der Waals surface area contributed by atoms with Crippen LogP contribution in [0.4, 0.5) is 0 Å². The van der Waals surface area contributed by atoms with E-state index in [0.717, 1.165) is 33.2 Å². The van der Waals surface area contributed by atoms with Crippen LogP contribution in [-0.4, -0.2) is 23.1 Å². The first-order chi connectivity index (χ1) is 11.3. The SMILES string of the molecule is CCOc1ccc2c(c1)sc1nc(-c3ccccc3OC)cn12. The molecule has 0 radical (unpaired) electrons. The van der Waals surface area contributed by atoms with Gasteiger partial charge in [0.2, 0.25) is 0 Å². The van der Waals surface area contributed by atoms with Crippen molar-refractivity contribution in [3.63, 3.8) is 0 Å². The van der Waals surface area contributed by atoms with Gasteiger partial charge in [-0.25, -0.2) is 4.98 Å². The van der Waals surface area contributed by atoms with Crippen molar-refractivity contribution in [3.05, 3.63) is 48.7 Å². The van der Waals surface area contributed by atoms with E-state index in [0.29, 0.717) is 6.61 Å². The molecule has 2 aromatic carbocycles. The summed E-state index contributed by atoms with van der Waals surface area (Å²) in [5, 5.41) is 0. The molecule has 2 aromatic heterocycles. The smallest absolute Gasteiger partial charge is 0.195 e. The fraction of sp³-hybridized carbons (Fsp3) is 0.167. The van der Waals surface area contributed by atoms with Crippen LogP contribution >= 0.6 is 11.3 Å². The number of hydrogen-bond donors (Lipinski definition) is 0. The van der Waals surface area contributed by atoms with Gasteiger partial charge in [0.05, 0.1) is 29.6 Å². The van der Waals surface area contributed by atoms with Crippen LogP contribution in [0.5, 0.6) is 11.5 Å². The summed E-state index contributed by atoms with van der Waals surface area (Å²) >= 11 is 1.66. The molecular weight excluding hydrogens is 308 g/mol. The second kappa shape index (κ2) is 5.59. The second-order valence-electron chi connectivity index (χ2n) is 5.14. The summed E-state index contributed by atoms with van der Waals surface area (Å²) in [6.07, 6.45) is 2.06. The minimum atomic E-state index is 0.673. The van der Waals surface area contributed by atoms with Crippen molar-refractivity contribution in [2.45, 2.75) is 6.92 Å². The third-order valence-electron chi connectivity index (χ3n) is 3.76. The average Bonchev–Trinajstić information content (AvgIpc) is 3.12. The summed E-state index contributed by atoms with van der Waals surface area (Å²) in [6, 6.07) is 14.1. The molecule has 4 nitrogen and oxygen atoms in total. The Kier molecular flexibility index (Phi) is 3.42. The third-order valence-corrected chi connectivity index (χ3v) is 4.78. The van der Waals surface area contributed by atoms with E-state index in [1.165, 1.54) is 4.70 Å². The maximum atomic E-state index is 5.57. The summed E-state index contributed by atoms with van der Waals surface area (Å²) in [5.41, 5.74) is 3.07. The zero-order chi connectivity index (χ0) is 15.8. The molecule has 0 spiro atoms. The van der Waals surface area contributed by atoms with Gasteiger partial charge in [-0.1, -0.05) is 23.5 Å². The van der Waals surface area contributed by atoms with Crippen molar-refractivity contribution < 1.29 is 9.47 Å². The van der Waals surface area contributed by atoms with E-state index in [2.05, 4.69) is 22.7 Å². The number of methoxy groups -OCH3 is 1. The zero-order valence-corrected chi connectivity index (χ0v) is 13.8. The molecule has 0 aliphatic carbocycles. The van der Waals surface area contributed by atoms with Crippen LogP contribution in [0.25, 0.3) is 26.4 Å². The first-order valence-corrected chi connectivity index (χ1v) is 8.29. The summed E-state index contributed by atoms with van der Waals surface area (Å²) in [5.74, 6) is 1.73. The molecule has 4 rings (SSSR count). The first kappa shape index (κ1) is 14.1. The maximum absolute atomic E-state index is 5.57. The number of para-hydroxylation sites is 1. The van der Waals surface area contributed by atoms with Crippen LogP contribution in [0.15, 0.2) is 48.7 Å². The lowest BCUT2D eigenvalue weighted by Gasteiger charge is -2.04. The number of imidazole rings is 1. The molecule has 0 N–H and O–H groups in total. The first-order valence-electron chi connectivity index (χ1n) is 7.48. The van der Waals surface area contributed by atoms with Crippen LogP contribution in [0.1, 0.15) is 6.92 Å². The number of aromatic nitrogens is 2. The standard InChI is InChI=1S/C18H16N2O2S/c1-3-22-12-8-9-15-17(10-12)23-18-19-14(11-20(15)18)13-6-4-5-7-16(13)21-2/h4-11H,3H2,1-2H3. The monoisotopic (exact) mass is 324 g/mol. The summed E-state index contributed by atoms with van der Waals surface area (Å²) in [4.78, 5) is 5.73. The number of ether oxygens (including phenoxy) is 2. The van der Waals surface area contributed by atoms with Crippen molar-refractivity contribution in [1.29, 1.82) is 0 Å². The van der Waals surface area contributed by atoms with Crippen LogP contribution < -0.4 is 9.47 Å². The molecule has 0 aliphatic heterocycles. The molecule has 0 aliphatic rings. The third kappa shape index (κ3) is 2.33. The second-order valence-corrected chi connectivity index (χ2v) is 6.15. The van der Waals surface area contributed by atoms with E-state index in [1.807, 2.05) is 37.3 Å². The van der Waals surface area contributed by atoms with Crippen molar-refractivity contribution in [3.8, 4) is 22.8 Å². The number of benzene rings is 2. The number of thiazole rings is 1. The van der Waals surface area contributed by atoms with Crippen molar-refractivity contribution in [2.75, 3.05) is 13.7 Å². The highest BCUT2D eigenvalue weighted by Crippen LogP contribution is 2.34. The highest BCUT2D eigenvalue weighted by molar-refractivity contribution is 7.23. The van der Waals surface area contributed by atoms with Crippen LogP contribution in [0, 0.1) is 0 Å². The lowest BCUT2D eigenvalue weighted by atomic mass is 10.1. The summed E-state index contributed by atoms with van der Waals surface area (Å²) < 4.78 is 14.3. The Balaban J connectivity index is 1.85. The molecule has 0 unspecified atom stereocenters. The van der Waals surface area contributed by atoms with Gasteiger partial charge in [-0.15, -0.1) is 0 Å². The Labute approximate surface area is 137 Å². The van der Waals surface area contributed by atoms with Gasteiger partial charge >= 0.3 is 0 Å². The molecule has 2 heterocycles.